The van der Waals surface area contributed by atoms with Gasteiger partial charge in [0.2, 0.25) is 5.91 Å². The largest absolute Gasteiger partial charge is 0.351 e. The molecule has 1 saturated carbocycles. The van der Waals surface area contributed by atoms with Crippen molar-refractivity contribution in [1.29, 1.82) is 0 Å². The standard InChI is InChI=1S/C14H20N4O/c19-14(16-9-10-4-3-7-15-8-10)13-11-5-1-2-6-12(11)17-18-13/h3-4,7-8,11-13,17-18H,1-2,5-6,9H2,(H,16,19). The molecule has 2 heterocycles. The Morgan fingerprint density at radius 3 is 3.11 bits per heavy atom. The number of nitrogens with zero attached hydrogens (tertiary/aromatic N) is 1. The molecule has 102 valence electrons. The monoisotopic (exact) mass is 260 g/mol. The Kier molecular flexibility index (Phi) is 3.75. The van der Waals surface area contributed by atoms with Gasteiger partial charge in [0.1, 0.15) is 6.04 Å². The summed E-state index contributed by atoms with van der Waals surface area (Å²) in [6.07, 6.45) is 8.32. The van der Waals surface area contributed by atoms with E-state index >= 15 is 0 Å². The summed E-state index contributed by atoms with van der Waals surface area (Å²) in [7, 11) is 0. The molecule has 5 heteroatoms. The predicted octanol–water partition coefficient (Wildman–Crippen LogP) is 0.733. The lowest BCUT2D eigenvalue weighted by molar-refractivity contribution is -0.124. The average Bonchev–Trinajstić information content (AvgIpc) is 2.90. The number of carbonyl (C=O) groups excluding carboxylic acids is 1. The van der Waals surface area contributed by atoms with E-state index < -0.39 is 0 Å². The molecule has 0 spiro atoms. The van der Waals surface area contributed by atoms with Crippen LogP contribution in [0.4, 0.5) is 0 Å². The minimum atomic E-state index is -0.0954. The van der Waals surface area contributed by atoms with Crippen LogP contribution in [0, 0.1) is 5.92 Å². The number of fused-ring (bicyclic) bond motifs is 1. The summed E-state index contributed by atoms with van der Waals surface area (Å²) in [5.41, 5.74) is 7.45. The van der Waals surface area contributed by atoms with Crippen molar-refractivity contribution < 1.29 is 4.79 Å². The van der Waals surface area contributed by atoms with Crippen LogP contribution in [0.5, 0.6) is 0 Å². The zero-order valence-electron chi connectivity index (χ0n) is 10.9. The molecule has 3 unspecified atom stereocenters. The molecule has 3 atom stereocenters. The first-order valence-corrected chi connectivity index (χ1v) is 7.02. The molecular weight excluding hydrogens is 240 g/mol. The Balaban J connectivity index is 1.56. The molecule has 1 aliphatic carbocycles. The summed E-state index contributed by atoms with van der Waals surface area (Å²) in [6.45, 7) is 0.544. The highest BCUT2D eigenvalue weighted by Gasteiger charge is 2.40. The van der Waals surface area contributed by atoms with Crippen LogP contribution in [0.2, 0.25) is 0 Å². The topological polar surface area (TPSA) is 66.0 Å². The van der Waals surface area contributed by atoms with Gasteiger partial charge >= 0.3 is 0 Å². The summed E-state index contributed by atoms with van der Waals surface area (Å²) in [4.78, 5) is 16.3. The first kappa shape index (κ1) is 12.6. The SMILES string of the molecule is O=C(NCc1cccnc1)C1NNC2CCCCC21. The van der Waals surface area contributed by atoms with Gasteiger partial charge in [-0.25, -0.2) is 5.43 Å². The van der Waals surface area contributed by atoms with E-state index in [4.69, 9.17) is 0 Å². The van der Waals surface area contributed by atoms with Crippen molar-refractivity contribution in [2.24, 2.45) is 5.92 Å². The van der Waals surface area contributed by atoms with Gasteiger partial charge in [0.25, 0.3) is 0 Å². The second kappa shape index (κ2) is 5.67. The number of hydrogen-bond donors (Lipinski definition) is 3. The minimum Gasteiger partial charge on any atom is -0.351 e. The number of rotatable bonds is 3. The summed E-state index contributed by atoms with van der Waals surface area (Å²) < 4.78 is 0. The van der Waals surface area contributed by atoms with Gasteiger partial charge < -0.3 is 5.32 Å². The maximum absolute atomic E-state index is 12.2. The average molecular weight is 260 g/mol. The molecule has 1 aliphatic heterocycles. The van der Waals surface area contributed by atoms with Crippen LogP contribution in [0.15, 0.2) is 24.5 Å². The first-order valence-electron chi connectivity index (χ1n) is 7.02. The van der Waals surface area contributed by atoms with Gasteiger partial charge in [-0.05, 0) is 24.5 Å². The summed E-state index contributed by atoms with van der Waals surface area (Å²) in [5, 5.41) is 2.99. The van der Waals surface area contributed by atoms with E-state index in [0.29, 0.717) is 18.5 Å². The molecule has 0 aromatic carbocycles. The zero-order chi connectivity index (χ0) is 13.1. The third-order valence-electron chi connectivity index (χ3n) is 4.14. The van der Waals surface area contributed by atoms with E-state index in [9.17, 15) is 4.79 Å². The number of pyridine rings is 1. The Bertz CT molecular complexity index is 436. The van der Waals surface area contributed by atoms with Crippen molar-refractivity contribution in [3.8, 4) is 0 Å². The van der Waals surface area contributed by atoms with Gasteiger partial charge in [0, 0.05) is 30.9 Å². The van der Waals surface area contributed by atoms with Crippen molar-refractivity contribution in [3.63, 3.8) is 0 Å². The lowest BCUT2D eigenvalue weighted by atomic mass is 9.81. The summed E-state index contributed by atoms with van der Waals surface area (Å²) in [5.74, 6) is 0.522. The quantitative estimate of drug-likeness (QED) is 0.750. The Morgan fingerprint density at radius 2 is 2.26 bits per heavy atom. The first-order chi connectivity index (χ1) is 9.34. The van der Waals surface area contributed by atoms with Crippen LogP contribution in [0.25, 0.3) is 0 Å². The van der Waals surface area contributed by atoms with Gasteiger partial charge in [0.05, 0.1) is 0 Å². The van der Waals surface area contributed by atoms with Crippen LogP contribution in [-0.4, -0.2) is 23.0 Å². The maximum Gasteiger partial charge on any atom is 0.239 e. The van der Waals surface area contributed by atoms with E-state index in [1.807, 2.05) is 12.1 Å². The molecule has 2 fully saturated rings. The van der Waals surface area contributed by atoms with E-state index in [2.05, 4.69) is 21.2 Å². The highest BCUT2D eigenvalue weighted by atomic mass is 16.2. The summed E-state index contributed by atoms with van der Waals surface area (Å²) in [6, 6.07) is 4.22. The highest BCUT2D eigenvalue weighted by molar-refractivity contribution is 5.82. The molecule has 1 aromatic rings. The molecule has 5 nitrogen and oxygen atoms in total. The molecule has 1 aromatic heterocycles. The molecule has 3 N–H and O–H groups in total. The van der Waals surface area contributed by atoms with Crippen molar-refractivity contribution in [2.75, 3.05) is 0 Å². The van der Waals surface area contributed by atoms with E-state index in [1.165, 1.54) is 19.3 Å². The number of hydrogen-bond acceptors (Lipinski definition) is 4. The van der Waals surface area contributed by atoms with E-state index in [1.54, 1.807) is 12.4 Å². The fraction of sp³-hybridized carbons (Fsp3) is 0.571. The molecule has 0 radical (unpaired) electrons. The highest BCUT2D eigenvalue weighted by Crippen LogP contribution is 2.30. The van der Waals surface area contributed by atoms with Crippen LogP contribution in [0.1, 0.15) is 31.2 Å². The third-order valence-corrected chi connectivity index (χ3v) is 4.14. The molecular formula is C14H20N4O. The smallest absolute Gasteiger partial charge is 0.239 e. The van der Waals surface area contributed by atoms with Gasteiger partial charge in [0.15, 0.2) is 0 Å². The van der Waals surface area contributed by atoms with Crippen LogP contribution >= 0.6 is 0 Å². The summed E-state index contributed by atoms with van der Waals surface area (Å²) >= 11 is 0. The predicted molar refractivity (Wildman–Crippen MR) is 71.9 cm³/mol. The lowest BCUT2D eigenvalue weighted by Gasteiger charge is -2.26. The van der Waals surface area contributed by atoms with Gasteiger partial charge in [-0.3, -0.25) is 15.2 Å². The fourth-order valence-corrected chi connectivity index (χ4v) is 3.10. The van der Waals surface area contributed by atoms with Crippen molar-refractivity contribution in [3.05, 3.63) is 30.1 Å². The molecule has 1 amide bonds. The lowest BCUT2D eigenvalue weighted by Crippen LogP contribution is -2.45. The van der Waals surface area contributed by atoms with Crippen molar-refractivity contribution in [1.82, 2.24) is 21.2 Å². The number of amides is 1. The van der Waals surface area contributed by atoms with E-state index in [0.717, 1.165) is 12.0 Å². The minimum absolute atomic E-state index is 0.0887. The molecule has 2 aliphatic rings. The van der Waals surface area contributed by atoms with Crippen molar-refractivity contribution in [2.45, 2.75) is 44.3 Å². The van der Waals surface area contributed by atoms with Crippen LogP contribution in [-0.2, 0) is 11.3 Å². The van der Waals surface area contributed by atoms with Crippen LogP contribution in [0.3, 0.4) is 0 Å². The van der Waals surface area contributed by atoms with E-state index in [-0.39, 0.29) is 11.9 Å². The second-order valence-electron chi connectivity index (χ2n) is 5.40. The molecule has 3 rings (SSSR count). The number of hydrazine groups is 1. The van der Waals surface area contributed by atoms with Gasteiger partial charge in [-0.2, -0.15) is 0 Å². The Labute approximate surface area is 113 Å². The van der Waals surface area contributed by atoms with Crippen LogP contribution < -0.4 is 16.2 Å². The van der Waals surface area contributed by atoms with Crippen molar-refractivity contribution >= 4 is 5.91 Å². The molecule has 0 bridgehead atoms. The number of aromatic nitrogens is 1. The maximum atomic E-state index is 12.2. The third kappa shape index (κ3) is 2.77. The Hall–Kier alpha value is -1.46. The normalized spacial score (nSPS) is 29.8. The van der Waals surface area contributed by atoms with Gasteiger partial charge in [-0.15, -0.1) is 0 Å². The Morgan fingerprint density at radius 1 is 1.37 bits per heavy atom. The molecule has 19 heavy (non-hydrogen) atoms. The number of carbonyl (C=O) groups is 1. The van der Waals surface area contributed by atoms with Gasteiger partial charge in [-0.1, -0.05) is 18.9 Å². The molecule has 1 saturated heterocycles. The second-order valence-corrected chi connectivity index (χ2v) is 5.40. The fourth-order valence-electron chi connectivity index (χ4n) is 3.10. The zero-order valence-corrected chi connectivity index (χ0v) is 10.9. The number of nitrogens with one attached hydrogen (secondary N) is 3.